The highest BCUT2D eigenvalue weighted by atomic mass is 35.5. The molecule has 0 aliphatic rings. The predicted octanol–water partition coefficient (Wildman–Crippen LogP) is 3.37. The number of hydrogen-bond donors (Lipinski definition) is 1. The van der Waals surface area contributed by atoms with E-state index in [0.29, 0.717) is 21.0 Å². The molecule has 0 unspecified atom stereocenters. The van der Waals surface area contributed by atoms with Crippen molar-refractivity contribution >= 4 is 53.2 Å². The Labute approximate surface area is 224 Å². The van der Waals surface area contributed by atoms with Gasteiger partial charge in [-0.3, -0.25) is 9.36 Å². The molecular formula is C24H24ClN3O6S3. The molecule has 0 aliphatic heterocycles. The lowest BCUT2D eigenvalue weighted by atomic mass is 10.2. The topological polar surface area (TPSA) is 115 Å². The van der Waals surface area contributed by atoms with Gasteiger partial charge < -0.3 is 4.74 Å². The van der Waals surface area contributed by atoms with Crippen molar-refractivity contribution in [2.45, 2.75) is 16.3 Å². The Kier molecular flexibility index (Phi) is 8.07. The maximum Gasteiger partial charge on any atom is 0.308 e. The van der Waals surface area contributed by atoms with Crippen LogP contribution in [0.2, 0.25) is 5.02 Å². The van der Waals surface area contributed by atoms with Crippen LogP contribution >= 0.6 is 22.9 Å². The molecule has 1 aromatic heterocycles. The largest absolute Gasteiger partial charge is 0.492 e. The molecule has 9 nitrogen and oxygen atoms in total. The molecule has 1 heterocycles. The van der Waals surface area contributed by atoms with Gasteiger partial charge in [0.05, 0.1) is 26.6 Å². The molecule has 0 aliphatic carbocycles. The second kappa shape index (κ2) is 10.9. The number of ether oxygens (including phenoxy) is 1. The summed E-state index contributed by atoms with van der Waals surface area (Å²) in [6, 6.07) is 17.6. The third kappa shape index (κ3) is 6.06. The molecule has 0 spiro atoms. The normalized spacial score (nSPS) is 12.3. The maximum absolute atomic E-state index is 12.8. The molecule has 0 radical (unpaired) electrons. The van der Waals surface area contributed by atoms with E-state index in [2.05, 4.69) is 4.72 Å². The molecular weight excluding hydrogens is 558 g/mol. The number of aromatic nitrogens is 1. The lowest BCUT2D eigenvalue weighted by Gasteiger charge is -2.12. The van der Waals surface area contributed by atoms with Gasteiger partial charge in [-0.15, -0.1) is 0 Å². The van der Waals surface area contributed by atoms with E-state index in [9.17, 15) is 21.6 Å². The standard InChI is InChI=1S/C24H24ClN3O6S3/c1-27(2)37(32,33)19-9-7-18(8-10-19)34-14-13-26-36(30,31)20-11-12-22-23(15-20)35-24(29)28(22)16-17-5-3-4-6-21(17)25/h3-12,15,26H,13-14,16H2,1-2H3. The van der Waals surface area contributed by atoms with Crippen LogP contribution in [0.1, 0.15) is 5.56 Å². The average Bonchev–Trinajstić information content (AvgIpc) is 3.17. The van der Waals surface area contributed by atoms with E-state index < -0.39 is 20.0 Å². The molecule has 4 rings (SSSR count). The van der Waals surface area contributed by atoms with Gasteiger partial charge in [0.2, 0.25) is 20.0 Å². The van der Waals surface area contributed by atoms with Crippen molar-refractivity contribution in [2.75, 3.05) is 27.2 Å². The summed E-state index contributed by atoms with van der Waals surface area (Å²) in [4.78, 5) is 12.5. The molecule has 0 saturated carbocycles. The lowest BCUT2D eigenvalue weighted by molar-refractivity contribution is 0.322. The first-order chi connectivity index (χ1) is 17.5. The van der Waals surface area contributed by atoms with Crippen molar-refractivity contribution in [2.24, 2.45) is 0 Å². The lowest BCUT2D eigenvalue weighted by Crippen LogP contribution is -2.28. The first-order valence-electron chi connectivity index (χ1n) is 11.0. The van der Waals surface area contributed by atoms with Crippen molar-refractivity contribution in [3.63, 3.8) is 0 Å². The van der Waals surface area contributed by atoms with Crippen LogP contribution in [0.3, 0.4) is 0 Å². The van der Waals surface area contributed by atoms with E-state index in [1.54, 1.807) is 16.7 Å². The fourth-order valence-corrected chi connectivity index (χ4v) is 6.65. The summed E-state index contributed by atoms with van der Waals surface area (Å²) >= 11 is 7.20. The van der Waals surface area contributed by atoms with Crippen molar-refractivity contribution in [1.82, 2.24) is 13.6 Å². The van der Waals surface area contributed by atoms with E-state index in [1.165, 1.54) is 50.5 Å². The molecule has 4 aromatic rings. The summed E-state index contributed by atoms with van der Waals surface area (Å²) in [6.07, 6.45) is 0. The van der Waals surface area contributed by atoms with Gasteiger partial charge in [0.15, 0.2) is 0 Å². The predicted molar refractivity (Wildman–Crippen MR) is 145 cm³/mol. The third-order valence-corrected chi connectivity index (χ3v) is 10.1. The fraction of sp³-hybridized carbons (Fsp3) is 0.208. The van der Waals surface area contributed by atoms with Crippen LogP contribution in [0, 0.1) is 0 Å². The van der Waals surface area contributed by atoms with E-state index in [0.717, 1.165) is 21.2 Å². The molecule has 0 amide bonds. The Morgan fingerprint density at radius 2 is 1.65 bits per heavy atom. The van der Waals surface area contributed by atoms with Crippen molar-refractivity contribution < 1.29 is 21.6 Å². The summed E-state index contributed by atoms with van der Waals surface area (Å²) in [5.74, 6) is 0.406. The Bertz CT molecular complexity index is 1700. The van der Waals surface area contributed by atoms with Crippen LogP contribution in [-0.2, 0) is 26.6 Å². The maximum atomic E-state index is 12.8. The highest BCUT2D eigenvalue weighted by molar-refractivity contribution is 7.89. The fourth-order valence-electron chi connectivity index (χ4n) is 3.51. The molecule has 196 valence electrons. The minimum atomic E-state index is -3.85. The van der Waals surface area contributed by atoms with E-state index in [1.807, 2.05) is 18.2 Å². The second-order valence-electron chi connectivity index (χ2n) is 8.18. The first kappa shape index (κ1) is 27.3. The second-order valence-corrected chi connectivity index (χ2v) is 13.5. The van der Waals surface area contributed by atoms with Crippen molar-refractivity contribution in [3.8, 4) is 5.75 Å². The van der Waals surface area contributed by atoms with Crippen LogP contribution in [0.15, 0.2) is 81.3 Å². The van der Waals surface area contributed by atoms with Crippen molar-refractivity contribution in [1.29, 1.82) is 0 Å². The Morgan fingerprint density at radius 1 is 0.973 bits per heavy atom. The molecule has 0 atom stereocenters. The van der Waals surface area contributed by atoms with Gasteiger partial charge in [0, 0.05) is 25.7 Å². The zero-order chi connectivity index (χ0) is 26.8. The number of nitrogens with one attached hydrogen (secondary N) is 1. The number of rotatable bonds is 10. The van der Waals surface area contributed by atoms with Crippen LogP contribution in [-0.4, -0.2) is 53.0 Å². The van der Waals surface area contributed by atoms with E-state index >= 15 is 0 Å². The number of hydrogen-bond acceptors (Lipinski definition) is 7. The molecule has 3 aromatic carbocycles. The van der Waals surface area contributed by atoms with Gasteiger partial charge in [-0.05, 0) is 54.1 Å². The zero-order valence-electron chi connectivity index (χ0n) is 19.9. The number of halogens is 1. The SMILES string of the molecule is CN(C)S(=O)(=O)c1ccc(OCCNS(=O)(=O)c2ccc3c(c2)sc(=O)n3Cc2ccccc2Cl)cc1. The number of sulfonamides is 2. The van der Waals surface area contributed by atoms with Crippen LogP contribution in [0.5, 0.6) is 5.75 Å². The van der Waals surface area contributed by atoms with Gasteiger partial charge in [-0.25, -0.2) is 25.9 Å². The number of fused-ring (bicyclic) bond motifs is 1. The summed E-state index contributed by atoms with van der Waals surface area (Å²) < 4.78 is 61.1. The highest BCUT2D eigenvalue weighted by Crippen LogP contribution is 2.24. The zero-order valence-corrected chi connectivity index (χ0v) is 23.1. The van der Waals surface area contributed by atoms with Crippen LogP contribution in [0.4, 0.5) is 0 Å². The molecule has 0 saturated heterocycles. The summed E-state index contributed by atoms with van der Waals surface area (Å²) in [7, 11) is -4.51. The van der Waals surface area contributed by atoms with Gasteiger partial charge in [-0.2, -0.15) is 0 Å². The first-order valence-corrected chi connectivity index (χ1v) is 15.1. The van der Waals surface area contributed by atoms with E-state index in [-0.39, 0.29) is 34.4 Å². The van der Waals surface area contributed by atoms with Gasteiger partial charge >= 0.3 is 4.87 Å². The van der Waals surface area contributed by atoms with Crippen LogP contribution in [0.25, 0.3) is 10.2 Å². The highest BCUT2D eigenvalue weighted by Gasteiger charge is 2.18. The average molecular weight is 582 g/mol. The quantitative estimate of drug-likeness (QED) is 0.287. The third-order valence-electron chi connectivity index (χ3n) is 5.50. The molecule has 37 heavy (non-hydrogen) atoms. The molecule has 1 N–H and O–H groups in total. The Balaban J connectivity index is 1.40. The van der Waals surface area contributed by atoms with Gasteiger partial charge in [0.1, 0.15) is 12.4 Å². The molecule has 0 bridgehead atoms. The minimum Gasteiger partial charge on any atom is -0.492 e. The molecule has 0 fully saturated rings. The summed E-state index contributed by atoms with van der Waals surface area (Å²) in [5.41, 5.74) is 1.41. The smallest absolute Gasteiger partial charge is 0.308 e. The number of thiazole rings is 1. The molecule has 13 heteroatoms. The Morgan fingerprint density at radius 3 is 2.32 bits per heavy atom. The summed E-state index contributed by atoms with van der Waals surface area (Å²) in [6.45, 7) is 0.299. The van der Waals surface area contributed by atoms with E-state index in [4.69, 9.17) is 16.3 Å². The van der Waals surface area contributed by atoms with Crippen LogP contribution < -0.4 is 14.3 Å². The van der Waals surface area contributed by atoms with Gasteiger partial charge in [0.25, 0.3) is 0 Å². The van der Waals surface area contributed by atoms with Gasteiger partial charge in [-0.1, -0.05) is 41.1 Å². The minimum absolute atomic E-state index is 0.0120. The monoisotopic (exact) mass is 581 g/mol. The Hall–Kier alpha value is -2.74. The number of nitrogens with zero attached hydrogens (tertiary/aromatic N) is 2. The summed E-state index contributed by atoms with van der Waals surface area (Å²) in [5, 5.41) is 0.550. The number of benzene rings is 3. The van der Waals surface area contributed by atoms with Crippen molar-refractivity contribution in [3.05, 3.63) is 87.0 Å².